The molecule has 0 bridgehead atoms. The molecule has 1 fully saturated rings. The molecule has 6 heteroatoms. The van der Waals surface area contributed by atoms with Gasteiger partial charge in [-0.05, 0) is 25.0 Å². The van der Waals surface area contributed by atoms with Crippen LogP contribution in [0.4, 0.5) is 5.82 Å². The van der Waals surface area contributed by atoms with E-state index in [4.69, 9.17) is 5.73 Å². The molecule has 16 heavy (non-hydrogen) atoms. The van der Waals surface area contributed by atoms with E-state index in [0.29, 0.717) is 6.04 Å². The number of hydrogen-bond donors (Lipinski definition) is 1. The first-order valence-electron chi connectivity index (χ1n) is 5.50. The zero-order valence-electron chi connectivity index (χ0n) is 8.95. The first-order valence-corrected chi connectivity index (χ1v) is 5.50. The van der Waals surface area contributed by atoms with Crippen LogP contribution in [0.2, 0.25) is 0 Å². The summed E-state index contributed by atoms with van der Waals surface area (Å²) in [6.45, 7) is 1.95. The summed E-state index contributed by atoms with van der Waals surface area (Å²) in [5, 5.41) is 12.2. The van der Waals surface area contributed by atoms with Crippen LogP contribution >= 0.6 is 0 Å². The van der Waals surface area contributed by atoms with Crippen molar-refractivity contribution in [2.24, 2.45) is 5.73 Å². The van der Waals surface area contributed by atoms with Gasteiger partial charge in [-0.1, -0.05) is 0 Å². The van der Waals surface area contributed by atoms with Crippen LogP contribution in [0.25, 0.3) is 5.65 Å². The Morgan fingerprint density at radius 1 is 1.25 bits per heavy atom. The van der Waals surface area contributed by atoms with Crippen LogP contribution in [0.1, 0.15) is 12.8 Å². The molecule has 84 valence electrons. The lowest BCUT2D eigenvalue weighted by Crippen LogP contribution is -2.40. The minimum Gasteiger partial charge on any atom is -0.355 e. The number of piperidine rings is 1. The standard InChI is InChI=1S/C10H14N6/c11-8-3-5-15(6-4-8)10-2-1-9-13-12-7-16(9)14-10/h1-2,7-8H,3-6,11H2. The quantitative estimate of drug-likeness (QED) is 0.732. The fourth-order valence-corrected chi connectivity index (χ4v) is 2.02. The minimum absolute atomic E-state index is 0.342. The molecule has 1 saturated heterocycles. The largest absolute Gasteiger partial charge is 0.355 e. The van der Waals surface area contributed by atoms with E-state index in [9.17, 15) is 0 Å². The Morgan fingerprint density at radius 3 is 2.88 bits per heavy atom. The number of aromatic nitrogens is 4. The Balaban J connectivity index is 1.87. The SMILES string of the molecule is NC1CCN(c2ccc3nncn3n2)CC1. The van der Waals surface area contributed by atoms with Crippen molar-refractivity contribution in [2.45, 2.75) is 18.9 Å². The van der Waals surface area contributed by atoms with Crippen LogP contribution in [0, 0.1) is 0 Å². The van der Waals surface area contributed by atoms with E-state index in [0.717, 1.165) is 37.4 Å². The highest BCUT2D eigenvalue weighted by atomic mass is 15.4. The summed E-state index contributed by atoms with van der Waals surface area (Å²) in [4.78, 5) is 2.25. The molecular formula is C10H14N6. The summed E-state index contributed by atoms with van der Waals surface area (Å²) in [6, 6.07) is 4.26. The third-order valence-electron chi connectivity index (χ3n) is 3.01. The average Bonchev–Trinajstić information content (AvgIpc) is 2.77. The van der Waals surface area contributed by atoms with Gasteiger partial charge in [0.2, 0.25) is 0 Å². The minimum atomic E-state index is 0.342. The molecule has 3 heterocycles. The Morgan fingerprint density at radius 2 is 2.06 bits per heavy atom. The van der Waals surface area contributed by atoms with Gasteiger partial charge in [-0.15, -0.1) is 15.3 Å². The van der Waals surface area contributed by atoms with E-state index in [1.165, 1.54) is 0 Å². The summed E-state index contributed by atoms with van der Waals surface area (Å²) in [5.41, 5.74) is 6.65. The number of anilines is 1. The second-order valence-electron chi connectivity index (χ2n) is 4.15. The second-order valence-corrected chi connectivity index (χ2v) is 4.15. The van der Waals surface area contributed by atoms with Gasteiger partial charge in [0.05, 0.1) is 0 Å². The number of hydrogen-bond acceptors (Lipinski definition) is 5. The Hall–Kier alpha value is -1.69. The lowest BCUT2D eigenvalue weighted by Gasteiger charge is -2.30. The van der Waals surface area contributed by atoms with Crippen LogP contribution < -0.4 is 10.6 Å². The molecule has 0 unspecified atom stereocenters. The van der Waals surface area contributed by atoms with Crippen molar-refractivity contribution in [1.82, 2.24) is 19.8 Å². The van der Waals surface area contributed by atoms with Gasteiger partial charge in [0.15, 0.2) is 5.65 Å². The third kappa shape index (κ3) is 1.61. The molecule has 0 aliphatic carbocycles. The molecule has 2 aromatic heterocycles. The van der Waals surface area contributed by atoms with E-state index in [-0.39, 0.29) is 0 Å². The van der Waals surface area contributed by atoms with Crippen molar-refractivity contribution in [3.63, 3.8) is 0 Å². The summed E-state index contributed by atoms with van der Waals surface area (Å²) >= 11 is 0. The van der Waals surface area contributed by atoms with Gasteiger partial charge < -0.3 is 10.6 Å². The van der Waals surface area contributed by atoms with Crippen molar-refractivity contribution in [1.29, 1.82) is 0 Å². The van der Waals surface area contributed by atoms with E-state index in [1.54, 1.807) is 10.8 Å². The highest BCUT2D eigenvalue weighted by molar-refractivity contribution is 5.45. The van der Waals surface area contributed by atoms with Crippen LogP contribution in [0.5, 0.6) is 0 Å². The maximum absolute atomic E-state index is 5.88. The number of nitrogens with zero attached hydrogens (tertiary/aromatic N) is 5. The molecule has 0 amide bonds. The number of nitrogens with two attached hydrogens (primary N) is 1. The van der Waals surface area contributed by atoms with Crippen LogP contribution in [0.3, 0.4) is 0 Å². The number of rotatable bonds is 1. The van der Waals surface area contributed by atoms with Gasteiger partial charge >= 0.3 is 0 Å². The molecule has 0 aromatic carbocycles. The molecule has 0 spiro atoms. The lowest BCUT2D eigenvalue weighted by atomic mass is 10.1. The van der Waals surface area contributed by atoms with Gasteiger partial charge in [-0.3, -0.25) is 0 Å². The third-order valence-corrected chi connectivity index (χ3v) is 3.01. The van der Waals surface area contributed by atoms with Gasteiger partial charge in [0, 0.05) is 19.1 Å². The van der Waals surface area contributed by atoms with E-state index in [2.05, 4.69) is 20.2 Å². The Labute approximate surface area is 93.1 Å². The highest BCUT2D eigenvalue weighted by Gasteiger charge is 2.17. The average molecular weight is 218 g/mol. The van der Waals surface area contributed by atoms with E-state index < -0.39 is 0 Å². The molecular weight excluding hydrogens is 204 g/mol. The van der Waals surface area contributed by atoms with Crippen molar-refractivity contribution in [3.05, 3.63) is 18.5 Å². The maximum atomic E-state index is 5.88. The second kappa shape index (κ2) is 3.71. The van der Waals surface area contributed by atoms with Crippen molar-refractivity contribution in [3.8, 4) is 0 Å². The van der Waals surface area contributed by atoms with Crippen LogP contribution in [-0.2, 0) is 0 Å². The predicted octanol–water partition coefficient (Wildman–Crippen LogP) is 0.0518. The normalized spacial score (nSPS) is 18.2. The van der Waals surface area contributed by atoms with Crippen LogP contribution in [0.15, 0.2) is 18.5 Å². The molecule has 1 aliphatic rings. The molecule has 3 rings (SSSR count). The Kier molecular flexibility index (Phi) is 2.21. The molecule has 2 aromatic rings. The maximum Gasteiger partial charge on any atom is 0.177 e. The van der Waals surface area contributed by atoms with Gasteiger partial charge in [0.25, 0.3) is 0 Å². The summed E-state index contributed by atoms with van der Waals surface area (Å²) in [6.07, 6.45) is 3.68. The summed E-state index contributed by atoms with van der Waals surface area (Å²) in [7, 11) is 0. The van der Waals surface area contributed by atoms with Crippen molar-refractivity contribution in [2.75, 3.05) is 18.0 Å². The lowest BCUT2D eigenvalue weighted by molar-refractivity contribution is 0.497. The van der Waals surface area contributed by atoms with E-state index >= 15 is 0 Å². The first kappa shape index (κ1) is 9.53. The zero-order chi connectivity index (χ0) is 11.0. The first-order chi connectivity index (χ1) is 7.83. The number of fused-ring (bicyclic) bond motifs is 1. The van der Waals surface area contributed by atoms with E-state index in [1.807, 2.05) is 12.1 Å². The van der Waals surface area contributed by atoms with Crippen molar-refractivity contribution < 1.29 is 0 Å². The predicted molar refractivity (Wildman–Crippen MR) is 60.2 cm³/mol. The van der Waals surface area contributed by atoms with Crippen LogP contribution in [-0.4, -0.2) is 38.9 Å². The highest BCUT2D eigenvalue weighted by Crippen LogP contribution is 2.16. The fourth-order valence-electron chi connectivity index (χ4n) is 2.02. The molecule has 0 radical (unpaired) electrons. The summed E-state index contributed by atoms with van der Waals surface area (Å²) in [5.74, 6) is 0.971. The molecule has 6 nitrogen and oxygen atoms in total. The Bertz CT molecular complexity index is 485. The molecule has 1 aliphatic heterocycles. The van der Waals surface area contributed by atoms with Gasteiger partial charge in [-0.25, -0.2) is 0 Å². The molecule has 0 atom stereocenters. The monoisotopic (exact) mass is 218 g/mol. The fraction of sp³-hybridized carbons (Fsp3) is 0.500. The topological polar surface area (TPSA) is 72.3 Å². The smallest absolute Gasteiger partial charge is 0.177 e. The summed E-state index contributed by atoms with van der Waals surface area (Å²) < 4.78 is 1.70. The molecule has 2 N–H and O–H groups in total. The van der Waals surface area contributed by atoms with Gasteiger partial charge in [-0.2, -0.15) is 4.52 Å². The zero-order valence-corrected chi connectivity index (χ0v) is 8.95. The van der Waals surface area contributed by atoms with Crippen molar-refractivity contribution >= 4 is 11.5 Å². The van der Waals surface area contributed by atoms with Gasteiger partial charge in [0.1, 0.15) is 12.1 Å². The molecule has 0 saturated carbocycles.